The molecule has 1 aromatic rings. The quantitative estimate of drug-likeness (QED) is 0.576. The molecule has 0 aromatic carbocycles. The summed E-state index contributed by atoms with van der Waals surface area (Å²) in [5.74, 6) is 0. The summed E-state index contributed by atoms with van der Waals surface area (Å²) in [6, 6.07) is 0.102. The van der Waals surface area contributed by atoms with Gasteiger partial charge in [0.15, 0.2) is 18.0 Å². The Hall–Kier alpha value is -1.33. The van der Waals surface area contributed by atoms with Gasteiger partial charge in [-0.05, 0) is 0 Å². The van der Waals surface area contributed by atoms with Gasteiger partial charge in [-0.3, -0.25) is 4.79 Å². The van der Waals surface area contributed by atoms with Crippen molar-refractivity contribution in [3.8, 4) is 0 Å². The molecule has 1 N–H and O–H groups in total. The van der Waals surface area contributed by atoms with E-state index in [9.17, 15) is 18.0 Å². The molecule has 0 radical (unpaired) electrons. The van der Waals surface area contributed by atoms with Gasteiger partial charge in [0, 0.05) is 12.8 Å². The second-order valence-corrected chi connectivity index (χ2v) is 3.33. The van der Waals surface area contributed by atoms with Crippen molar-refractivity contribution in [2.24, 2.45) is 0 Å². The zero-order valence-electron chi connectivity index (χ0n) is 7.14. The lowest BCUT2D eigenvalue weighted by Gasteiger charge is -2.00. The lowest BCUT2D eigenvalue weighted by molar-refractivity contribution is -0.754. The molecule has 0 amide bonds. The average Bonchev–Trinajstić information content (AvgIpc) is 2.83. The van der Waals surface area contributed by atoms with Gasteiger partial charge in [0.25, 0.3) is 0 Å². The lowest BCUT2D eigenvalue weighted by atomic mass is 10.3. The number of rotatable bonds is 2. The van der Waals surface area contributed by atoms with Crippen LogP contribution in [0.1, 0.15) is 34.9 Å². The zero-order chi connectivity index (χ0) is 10.3. The van der Waals surface area contributed by atoms with Gasteiger partial charge < -0.3 is 0 Å². The Bertz CT molecular complexity index is 365. The van der Waals surface area contributed by atoms with Gasteiger partial charge in [0.2, 0.25) is 6.20 Å². The number of halogens is 3. The Balaban J connectivity index is 2.41. The SMILES string of the molecule is O=Cc1c[n+](C2CC2)[nH]c1C(F)(F)F. The van der Waals surface area contributed by atoms with E-state index >= 15 is 0 Å². The average molecular weight is 205 g/mol. The number of aromatic amines is 1. The maximum absolute atomic E-state index is 12.3. The van der Waals surface area contributed by atoms with Crippen molar-refractivity contribution in [3.63, 3.8) is 0 Å². The number of nitrogens with one attached hydrogen (secondary N) is 1. The van der Waals surface area contributed by atoms with Crippen LogP contribution in [-0.4, -0.2) is 11.4 Å². The molecule has 0 saturated heterocycles. The van der Waals surface area contributed by atoms with E-state index in [4.69, 9.17) is 0 Å². The third-order valence-electron chi connectivity index (χ3n) is 2.16. The molecule has 0 aliphatic heterocycles. The van der Waals surface area contributed by atoms with Gasteiger partial charge in [0.05, 0.1) is 0 Å². The van der Waals surface area contributed by atoms with Crippen molar-refractivity contribution in [2.45, 2.75) is 25.1 Å². The molecule has 1 fully saturated rings. The van der Waals surface area contributed by atoms with Crippen LogP contribution < -0.4 is 4.68 Å². The molecule has 0 spiro atoms. The van der Waals surface area contributed by atoms with Gasteiger partial charge >= 0.3 is 6.18 Å². The number of aromatic nitrogens is 2. The van der Waals surface area contributed by atoms with Crippen molar-refractivity contribution >= 4 is 6.29 Å². The van der Waals surface area contributed by atoms with Crippen LogP contribution in [0.3, 0.4) is 0 Å². The number of carbonyl (C=O) groups excluding carboxylic acids is 1. The van der Waals surface area contributed by atoms with Gasteiger partial charge in [-0.25, -0.2) is 0 Å². The smallest absolute Gasteiger partial charge is 0.298 e. The van der Waals surface area contributed by atoms with Crippen molar-refractivity contribution < 1.29 is 22.6 Å². The van der Waals surface area contributed by atoms with Crippen LogP contribution in [0, 0.1) is 0 Å². The standard InChI is InChI=1S/C8H7F3N2O/c9-8(10,11)7-5(4-14)3-13(12-7)6-1-2-6/h3-4,6H,1-2H2/p+1. The Labute approximate surface area is 77.5 Å². The number of carbonyl (C=O) groups is 1. The number of aldehydes is 1. The van der Waals surface area contributed by atoms with Crippen molar-refractivity contribution in [1.82, 2.24) is 5.10 Å². The molecular formula is C8H8F3N2O+. The highest BCUT2D eigenvalue weighted by molar-refractivity contribution is 5.75. The molecule has 0 unspecified atom stereocenters. The van der Waals surface area contributed by atoms with Crippen LogP contribution >= 0.6 is 0 Å². The summed E-state index contributed by atoms with van der Waals surface area (Å²) >= 11 is 0. The topological polar surface area (TPSA) is 36.7 Å². The molecule has 1 aliphatic rings. The van der Waals surface area contributed by atoms with Crippen LogP contribution in [0.2, 0.25) is 0 Å². The first-order valence-corrected chi connectivity index (χ1v) is 4.19. The Kier molecular flexibility index (Phi) is 1.87. The molecule has 2 rings (SSSR count). The fraction of sp³-hybridized carbons (Fsp3) is 0.500. The minimum absolute atomic E-state index is 0.102. The first-order chi connectivity index (χ1) is 6.52. The van der Waals surface area contributed by atoms with Crippen LogP contribution in [0.4, 0.5) is 13.2 Å². The van der Waals surface area contributed by atoms with Crippen LogP contribution in [0.15, 0.2) is 6.20 Å². The number of nitrogens with zero attached hydrogens (tertiary/aromatic N) is 1. The second-order valence-electron chi connectivity index (χ2n) is 3.33. The van der Waals surface area contributed by atoms with Gasteiger partial charge in [-0.15, -0.1) is 4.68 Å². The molecule has 0 atom stereocenters. The lowest BCUT2D eigenvalue weighted by Crippen LogP contribution is -2.34. The zero-order valence-corrected chi connectivity index (χ0v) is 7.14. The second kappa shape index (κ2) is 2.83. The summed E-state index contributed by atoms with van der Waals surface area (Å²) in [5.41, 5.74) is -1.29. The van der Waals surface area contributed by atoms with Crippen LogP contribution in [0.5, 0.6) is 0 Å². The molecule has 6 heteroatoms. The number of hydrogen-bond acceptors (Lipinski definition) is 1. The third kappa shape index (κ3) is 1.51. The van der Waals surface area contributed by atoms with E-state index < -0.39 is 11.9 Å². The summed E-state index contributed by atoms with van der Waals surface area (Å²) < 4.78 is 38.3. The summed E-state index contributed by atoms with van der Waals surface area (Å²) in [6.45, 7) is 0. The summed E-state index contributed by atoms with van der Waals surface area (Å²) in [6.07, 6.45) is -1.33. The fourth-order valence-corrected chi connectivity index (χ4v) is 1.31. The van der Waals surface area contributed by atoms with Crippen molar-refractivity contribution in [2.75, 3.05) is 0 Å². The molecule has 14 heavy (non-hydrogen) atoms. The Morgan fingerprint density at radius 3 is 2.50 bits per heavy atom. The summed E-state index contributed by atoms with van der Waals surface area (Å²) in [4.78, 5) is 10.4. The van der Waals surface area contributed by atoms with Crippen LogP contribution in [0.25, 0.3) is 0 Å². The van der Waals surface area contributed by atoms with Gasteiger partial charge in [0.1, 0.15) is 5.56 Å². The highest BCUT2D eigenvalue weighted by Crippen LogP contribution is 2.32. The largest absolute Gasteiger partial charge is 0.437 e. The highest BCUT2D eigenvalue weighted by Gasteiger charge is 2.42. The van der Waals surface area contributed by atoms with E-state index in [1.807, 2.05) is 0 Å². The Morgan fingerprint density at radius 1 is 1.50 bits per heavy atom. The van der Waals surface area contributed by atoms with E-state index in [1.165, 1.54) is 10.9 Å². The van der Waals surface area contributed by atoms with E-state index in [0.29, 0.717) is 0 Å². The van der Waals surface area contributed by atoms with Crippen molar-refractivity contribution in [3.05, 3.63) is 17.5 Å². The highest BCUT2D eigenvalue weighted by atomic mass is 19.4. The normalized spacial score (nSPS) is 17.1. The van der Waals surface area contributed by atoms with Gasteiger partial charge in [-0.2, -0.15) is 18.3 Å². The number of H-pyrrole nitrogens is 1. The monoisotopic (exact) mass is 205 g/mol. The molecule has 76 valence electrons. The maximum atomic E-state index is 12.3. The number of alkyl halides is 3. The van der Waals surface area contributed by atoms with E-state index in [1.54, 1.807) is 0 Å². The molecule has 3 nitrogen and oxygen atoms in total. The molecule has 1 saturated carbocycles. The third-order valence-corrected chi connectivity index (χ3v) is 2.16. The first kappa shape index (κ1) is 9.23. The van der Waals surface area contributed by atoms with Gasteiger partial charge in [-0.1, -0.05) is 0 Å². The molecule has 1 heterocycles. The molecular weight excluding hydrogens is 197 g/mol. The van der Waals surface area contributed by atoms with Crippen molar-refractivity contribution in [1.29, 1.82) is 0 Å². The molecule has 1 aromatic heterocycles. The maximum Gasteiger partial charge on any atom is 0.437 e. The fourth-order valence-electron chi connectivity index (χ4n) is 1.31. The van der Waals surface area contributed by atoms with E-state index in [0.717, 1.165) is 12.8 Å². The van der Waals surface area contributed by atoms with E-state index in [2.05, 4.69) is 5.10 Å². The summed E-state index contributed by atoms with van der Waals surface area (Å²) in [7, 11) is 0. The predicted octanol–water partition coefficient (Wildman–Crippen LogP) is 1.47. The molecule has 0 bridgehead atoms. The summed E-state index contributed by atoms with van der Waals surface area (Å²) in [5, 5.41) is 2.20. The van der Waals surface area contributed by atoms with Crippen LogP contribution in [-0.2, 0) is 6.18 Å². The Morgan fingerprint density at radius 2 is 2.14 bits per heavy atom. The minimum atomic E-state index is -4.49. The minimum Gasteiger partial charge on any atom is -0.298 e. The number of hydrogen-bond donors (Lipinski definition) is 1. The first-order valence-electron chi connectivity index (χ1n) is 4.19. The molecule has 1 aliphatic carbocycles. The predicted molar refractivity (Wildman–Crippen MR) is 39.6 cm³/mol. The van der Waals surface area contributed by atoms with E-state index in [-0.39, 0.29) is 17.9 Å².